The Morgan fingerprint density at radius 1 is 0.525 bits per heavy atom. The minimum absolute atomic E-state index is 0.182. The molecule has 344 valence electrons. The van der Waals surface area contributed by atoms with Gasteiger partial charge in [-0.1, -0.05) is 185 Å². The van der Waals surface area contributed by atoms with Crippen molar-refractivity contribution in [2.24, 2.45) is 0 Å². The van der Waals surface area contributed by atoms with Crippen molar-refractivity contribution in [3.05, 3.63) is 36.5 Å². The van der Waals surface area contributed by atoms with Crippen molar-refractivity contribution in [1.29, 1.82) is 0 Å². The summed E-state index contributed by atoms with van der Waals surface area (Å²) in [4.78, 5) is 37.1. The molecule has 9 nitrogen and oxygen atoms in total. The number of unbranched alkanes of at least 4 members (excludes halogenated alkanes) is 23. The van der Waals surface area contributed by atoms with Crippen LogP contribution in [0.25, 0.3) is 0 Å². The molecule has 0 aromatic carbocycles. The van der Waals surface area contributed by atoms with Crippen LogP contribution in [0.15, 0.2) is 36.5 Å². The largest absolute Gasteiger partial charge is 0.477 e. The summed E-state index contributed by atoms with van der Waals surface area (Å²) in [7, 11) is 5.95. The Hall–Kier alpha value is -2.49. The van der Waals surface area contributed by atoms with E-state index >= 15 is 0 Å². The zero-order chi connectivity index (χ0) is 43.5. The van der Waals surface area contributed by atoms with Gasteiger partial charge in [-0.05, 0) is 44.9 Å². The first-order valence-corrected chi connectivity index (χ1v) is 24.2. The molecule has 59 heavy (non-hydrogen) atoms. The first kappa shape index (κ1) is 56.5. The van der Waals surface area contributed by atoms with Crippen LogP contribution in [0.3, 0.4) is 0 Å². The van der Waals surface area contributed by atoms with Gasteiger partial charge in [0, 0.05) is 12.8 Å². The van der Waals surface area contributed by atoms with Crippen molar-refractivity contribution in [3.8, 4) is 0 Å². The summed E-state index contributed by atoms with van der Waals surface area (Å²) in [5.41, 5.74) is 0. The van der Waals surface area contributed by atoms with Crippen LogP contribution in [0, 0.1) is 0 Å². The lowest BCUT2D eigenvalue weighted by atomic mass is 10.0. The maximum atomic E-state index is 12.7. The van der Waals surface area contributed by atoms with Gasteiger partial charge in [0.15, 0.2) is 6.10 Å². The highest BCUT2D eigenvalue weighted by atomic mass is 16.7. The molecule has 0 aromatic heterocycles. The number of carbonyl (C=O) groups is 3. The quantitative estimate of drug-likeness (QED) is 0.0213. The minimum Gasteiger partial charge on any atom is -0.477 e. The lowest BCUT2D eigenvalue weighted by molar-refractivity contribution is -0.870. The lowest BCUT2D eigenvalue weighted by Gasteiger charge is -2.25. The van der Waals surface area contributed by atoms with E-state index in [1.165, 1.54) is 116 Å². The van der Waals surface area contributed by atoms with Crippen molar-refractivity contribution >= 4 is 17.9 Å². The second-order valence-corrected chi connectivity index (χ2v) is 17.4. The van der Waals surface area contributed by atoms with Gasteiger partial charge in [-0.15, -0.1) is 0 Å². The fraction of sp³-hybridized carbons (Fsp3) is 0.820. The van der Waals surface area contributed by atoms with E-state index in [2.05, 4.69) is 50.3 Å². The number of hydrogen-bond acceptors (Lipinski definition) is 7. The molecule has 0 saturated heterocycles. The number of hydrogen-bond donors (Lipinski definition) is 1. The predicted octanol–water partition coefficient (Wildman–Crippen LogP) is 13.0. The average molecular weight is 835 g/mol. The topological polar surface area (TPSA) is 108 Å². The number of likely N-dealkylation sites (N-methyl/N-ethyl adjacent to an activating group) is 1. The number of esters is 2. The number of carboxylic acids is 1. The molecule has 0 amide bonds. The Labute approximate surface area is 362 Å². The smallest absolute Gasteiger partial charge is 0.361 e. The Balaban J connectivity index is 4.32. The van der Waals surface area contributed by atoms with E-state index in [0.717, 1.165) is 57.8 Å². The molecular formula is C50H92NO8+. The molecule has 0 aromatic rings. The molecule has 0 rings (SSSR count). The highest BCUT2D eigenvalue weighted by Crippen LogP contribution is 2.16. The van der Waals surface area contributed by atoms with Crippen LogP contribution in [0.2, 0.25) is 0 Å². The molecule has 2 atom stereocenters. The number of nitrogens with zero attached hydrogens (tertiary/aromatic N) is 1. The Morgan fingerprint density at radius 3 is 1.44 bits per heavy atom. The Morgan fingerprint density at radius 2 is 0.966 bits per heavy atom. The van der Waals surface area contributed by atoms with E-state index in [1.54, 1.807) is 0 Å². The van der Waals surface area contributed by atoms with E-state index in [-0.39, 0.29) is 32.2 Å². The van der Waals surface area contributed by atoms with Crippen molar-refractivity contribution < 1.29 is 42.9 Å². The summed E-state index contributed by atoms with van der Waals surface area (Å²) < 4.78 is 22.7. The third-order valence-electron chi connectivity index (χ3n) is 10.4. The maximum absolute atomic E-state index is 12.7. The van der Waals surface area contributed by atoms with Gasteiger partial charge in [-0.25, -0.2) is 4.79 Å². The first-order chi connectivity index (χ1) is 28.6. The average Bonchev–Trinajstić information content (AvgIpc) is 3.19. The number of rotatable bonds is 44. The summed E-state index contributed by atoms with van der Waals surface area (Å²) in [6, 6.07) is 0. The molecule has 0 bridgehead atoms. The van der Waals surface area contributed by atoms with E-state index in [4.69, 9.17) is 18.9 Å². The van der Waals surface area contributed by atoms with Gasteiger partial charge < -0.3 is 28.5 Å². The molecule has 0 aliphatic heterocycles. The number of carbonyl (C=O) groups excluding carboxylic acids is 2. The molecule has 2 unspecified atom stereocenters. The Kier molecular flexibility index (Phi) is 40.4. The zero-order valence-electron chi connectivity index (χ0n) is 38.9. The molecule has 0 aliphatic carbocycles. The fourth-order valence-electron chi connectivity index (χ4n) is 6.67. The van der Waals surface area contributed by atoms with Gasteiger partial charge in [0.25, 0.3) is 6.29 Å². The van der Waals surface area contributed by atoms with Crippen LogP contribution in [0.4, 0.5) is 0 Å². The van der Waals surface area contributed by atoms with E-state index in [9.17, 15) is 19.5 Å². The van der Waals surface area contributed by atoms with E-state index < -0.39 is 24.3 Å². The monoisotopic (exact) mass is 835 g/mol. The van der Waals surface area contributed by atoms with Crippen molar-refractivity contribution in [2.45, 2.75) is 219 Å². The number of aliphatic carboxylic acids is 1. The summed E-state index contributed by atoms with van der Waals surface area (Å²) in [5.74, 6) is -2.04. The van der Waals surface area contributed by atoms with Gasteiger partial charge in [0.2, 0.25) is 0 Å². The predicted molar refractivity (Wildman–Crippen MR) is 244 cm³/mol. The highest BCUT2D eigenvalue weighted by Gasteiger charge is 2.25. The van der Waals surface area contributed by atoms with E-state index in [0.29, 0.717) is 23.9 Å². The van der Waals surface area contributed by atoms with Crippen LogP contribution >= 0.6 is 0 Å². The fourth-order valence-corrected chi connectivity index (χ4v) is 6.67. The van der Waals surface area contributed by atoms with Crippen LogP contribution in [-0.2, 0) is 33.3 Å². The minimum atomic E-state index is -1.51. The molecule has 9 heteroatoms. The maximum Gasteiger partial charge on any atom is 0.361 e. The molecule has 0 spiro atoms. The first-order valence-electron chi connectivity index (χ1n) is 24.2. The number of carboxylic acid groups (broad SMARTS) is 1. The Bertz CT molecular complexity index is 1070. The zero-order valence-corrected chi connectivity index (χ0v) is 38.9. The second kappa shape index (κ2) is 42.2. The molecule has 0 aliphatic rings. The van der Waals surface area contributed by atoms with Crippen molar-refractivity contribution in [1.82, 2.24) is 0 Å². The third-order valence-corrected chi connectivity index (χ3v) is 10.4. The number of ether oxygens (including phenoxy) is 4. The van der Waals surface area contributed by atoms with E-state index in [1.807, 2.05) is 21.1 Å². The summed E-state index contributed by atoms with van der Waals surface area (Å²) in [5, 5.41) is 9.64. The van der Waals surface area contributed by atoms with Gasteiger partial charge in [-0.2, -0.15) is 0 Å². The number of allylic oxidation sites excluding steroid dienone is 6. The number of quaternary nitrogens is 1. The third kappa shape index (κ3) is 43.4. The van der Waals surface area contributed by atoms with Gasteiger partial charge in [0.05, 0.1) is 34.4 Å². The second-order valence-electron chi connectivity index (χ2n) is 17.4. The molecule has 0 fully saturated rings. The molecule has 0 heterocycles. The highest BCUT2D eigenvalue weighted by molar-refractivity contribution is 5.71. The van der Waals surface area contributed by atoms with Gasteiger partial charge >= 0.3 is 17.9 Å². The molecule has 1 N–H and O–H groups in total. The molecule has 0 saturated carbocycles. The molecule has 0 radical (unpaired) electrons. The van der Waals surface area contributed by atoms with Gasteiger partial charge in [-0.3, -0.25) is 9.59 Å². The normalized spacial score (nSPS) is 13.2. The summed E-state index contributed by atoms with van der Waals surface area (Å²) in [6.45, 7) is 4.74. The van der Waals surface area contributed by atoms with Crippen LogP contribution in [0.1, 0.15) is 206 Å². The molecular weight excluding hydrogens is 743 g/mol. The lowest BCUT2D eigenvalue weighted by Crippen LogP contribution is -2.40. The van der Waals surface area contributed by atoms with Crippen LogP contribution in [0.5, 0.6) is 0 Å². The van der Waals surface area contributed by atoms with Crippen molar-refractivity contribution in [3.63, 3.8) is 0 Å². The summed E-state index contributed by atoms with van der Waals surface area (Å²) in [6.07, 6.45) is 45.0. The summed E-state index contributed by atoms with van der Waals surface area (Å²) >= 11 is 0. The van der Waals surface area contributed by atoms with Crippen LogP contribution < -0.4 is 0 Å². The standard InChI is InChI=1S/C50H91NO8/c1-6-8-10-12-14-16-18-20-21-22-23-24-25-26-27-29-30-32-34-36-38-40-47(52)57-44-46(45-58-50(49(54)55)56-43-42-51(3,4)5)59-48(53)41-39-37-35-33-31-28-19-17-15-13-11-9-7-2/h9,11,15,17,28,31,46,50H,6-8,10,12-14,16,18-27,29-30,32-45H2,1-5H3/p+1/b11-9-,17-15-,31-28-. The SMILES string of the molecule is CC/C=C\C/C=C\C/C=C\CCCCCC(=O)OC(COC(=O)CCCCCCCCCCCCCCCCCCCCCCC)COC(OCC[N+](C)(C)C)C(=O)O. The van der Waals surface area contributed by atoms with Crippen LogP contribution in [-0.4, -0.2) is 87.4 Å². The van der Waals surface area contributed by atoms with Gasteiger partial charge in [0.1, 0.15) is 13.2 Å². The van der Waals surface area contributed by atoms with Crippen molar-refractivity contribution in [2.75, 3.05) is 47.5 Å².